The van der Waals surface area contributed by atoms with Gasteiger partial charge in [0.1, 0.15) is 0 Å². The highest BCUT2D eigenvalue weighted by molar-refractivity contribution is 7.90. The number of rotatable bonds is 4. The van der Waals surface area contributed by atoms with Crippen LogP contribution in [0.15, 0.2) is 24.3 Å². The number of morpholine rings is 1. The van der Waals surface area contributed by atoms with E-state index in [4.69, 9.17) is 9.84 Å². The molecule has 0 amide bonds. The van der Waals surface area contributed by atoms with Gasteiger partial charge in [-0.15, -0.1) is 0 Å². The Morgan fingerprint density at radius 3 is 2.61 bits per heavy atom. The van der Waals surface area contributed by atoms with Crippen molar-refractivity contribution in [3.8, 4) is 0 Å². The molecule has 0 atom stereocenters. The van der Waals surface area contributed by atoms with Gasteiger partial charge < -0.3 is 9.84 Å². The number of aliphatic hydroxyl groups is 1. The number of hydrogen-bond acceptors (Lipinski definition) is 4. The molecule has 0 aromatic heterocycles. The van der Waals surface area contributed by atoms with E-state index in [1.807, 2.05) is 0 Å². The largest absolute Gasteiger partial charge is 0.392 e. The summed E-state index contributed by atoms with van der Waals surface area (Å²) in [5.74, 6) is 0. The number of nitrogens with zero attached hydrogens (tertiary/aromatic N) is 1. The van der Waals surface area contributed by atoms with Crippen LogP contribution in [-0.4, -0.2) is 44.1 Å². The van der Waals surface area contributed by atoms with Crippen molar-refractivity contribution in [1.82, 2.24) is 4.31 Å². The van der Waals surface area contributed by atoms with Crippen molar-refractivity contribution in [3.05, 3.63) is 29.8 Å². The number of benzene rings is 1. The quantitative estimate of drug-likeness (QED) is 0.819. The number of nitrogens with one attached hydrogen (secondary N) is 1. The van der Waals surface area contributed by atoms with Crippen LogP contribution in [0.25, 0.3) is 0 Å². The maximum atomic E-state index is 12.1. The van der Waals surface area contributed by atoms with Gasteiger partial charge in [-0.1, -0.05) is 18.2 Å². The Labute approximate surface area is 106 Å². The van der Waals surface area contributed by atoms with Crippen LogP contribution in [0.2, 0.25) is 0 Å². The maximum Gasteiger partial charge on any atom is 0.301 e. The molecule has 1 aromatic rings. The first-order chi connectivity index (χ1) is 8.63. The van der Waals surface area contributed by atoms with Crippen LogP contribution < -0.4 is 4.72 Å². The number of aliphatic hydroxyl groups excluding tert-OH is 1. The molecule has 1 aliphatic heterocycles. The average molecular weight is 272 g/mol. The summed E-state index contributed by atoms with van der Waals surface area (Å²) in [5.41, 5.74) is 0.959. The standard InChI is InChI=1S/C11H16N2O4S/c14-9-10-3-1-2-4-11(10)12-18(15,16)13-5-7-17-8-6-13/h1-4,12,14H,5-9H2. The highest BCUT2D eigenvalue weighted by Gasteiger charge is 2.24. The molecule has 100 valence electrons. The van der Waals surface area contributed by atoms with Crippen molar-refractivity contribution in [2.75, 3.05) is 31.0 Å². The summed E-state index contributed by atoms with van der Waals surface area (Å²) >= 11 is 0. The summed E-state index contributed by atoms with van der Waals surface area (Å²) in [6.45, 7) is 1.29. The van der Waals surface area contributed by atoms with E-state index in [2.05, 4.69) is 4.72 Å². The normalized spacial score (nSPS) is 17.6. The van der Waals surface area contributed by atoms with Crippen molar-refractivity contribution < 1.29 is 18.3 Å². The summed E-state index contributed by atoms with van der Waals surface area (Å²) in [4.78, 5) is 0. The van der Waals surface area contributed by atoms with E-state index >= 15 is 0 Å². The predicted molar refractivity (Wildman–Crippen MR) is 67.3 cm³/mol. The fraction of sp³-hybridized carbons (Fsp3) is 0.455. The summed E-state index contributed by atoms with van der Waals surface area (Å²) in [6, 6.07) is 6.77. The lowest BCUT2D eigenvalue weighted by molar-refractivity contribution is 0.0733. The van der Waals surface area contributed by atoms with E-state index in [1.165, 1.54) is 4.31 Å². The molecule has 0 spiro atoms. The fourth-order valence-corrected chi connectivity index (χ4v) is 2.98. The monoisotopic (exact) mass is 272 g/mol. The molecule has 0 radical (unpaired) electrons. The van der Waals surface area contributed by atoms with Crippen molar-refractivity contribution >= 4 is 15.9 Å². The SMILES string of the molecule is O=S(=O)(Nc1ccccc1CO)N1CCOCC1. The van der Waals surface area contributed by atoms with Crippen molar-refractivity contribution in [3.63, 3.8) is 0 Å². The number of hydrogen-bond donors (Lipinski definition) is 2. The van der Waals surface area contributed by atoms with Crippen LogP contribution in [0.3, 0.4) is 0 Å². The molecule has 0 unspecified atom stereocenters. The Morgan fingerprint density at radius 2 is 1.94 bits per heavy atom. The Bertz CT molecular complexity index is 498. The predicted octanol–water partition coefficient (Wildman–Crippen LogP) is 0.168. The van der Waals surface area contributed by atoms with Crippen molar-refractivity contribution in [2.45, 2.75) is 6.61 Å². The zero-order chi connectivity index (χ0) is 13.0. The zero-order valence-electron chi connectivity index (χ0n) is 9.87. The van der Waals surface area contributed by atoms with Crippen LogP contribution >= 0.6 is 0 Å². The number of anilines is 1. The van der Waals surface area contributed by atoms with Crippen LogP contribution in [0, 0.1) is 0 Å². The van der Waals surface area contributed by atoms with E-state index in [0.29, 0.717) is 37.6 Å². The molecule has 1 heterocycles. The first-order valence-corrected chi connectivity index (χ1v) is 7.12. The highest BCUT2D eigenvalue weighted by atomic mass is 32.2. The second-order valence-corrected chi connectivity index (χ2v) is 5.60. The van der Waals surface area contributed by atoms with Gasteiger partial charge in [0, 0.05) is 18.7 Å². The van der Waals surface area contributed by atoms with Crippen LogP contribution in [-0.2, 0) is 21.6 Å². The second kappa shape index (κ2) is 5.66. The molecule has 1 aromatic carbocycles. The van der Waals surface area contributed by atoms with E-state index in [1.54, 1.807) is 24.3 Å². The van der Waals surface area contributed by atoms with Gasteiger partial charge in [-0.2, -0.15) is 12.7 Å². The first kappa shape index (κ1) is 13.3. The Kier molecular flexibility index (Phi) is 4.18. The molecule has 0 aliphatic carbocycles. The average Bonchev–Trinajstić information content (AvgIpc) is 2.40. The third-order valence-electron chi connectivity index (χ3n) is 2.74. The van der Waals surface area contributed by atoms with Crippen LogP contribution in [0.5, 0.6) is 0 Å². The van der Waals surface area contributed by atoms with Gasteiger partial charge in [-0.25, -0.2) is 0 Å². The number of para-hydroxylation sites is 1. The minimum absolute atomic E-state index is 0.207. The van der Waals surface area contributed by atoms with Gasteiger partial charge in [-0.05, 0) is 6.07 Å². The smallest absolute Gasteiger partial charge is 0.301 e. The summed E-state index contributed by atoms with van der Waals surface area (Å²) in [7, 11) is -3.58. The minimum Gasteiger partial charge on any atom is -0.392 e. The van der Waals surface area contributed by atoms with Gasteiger partial charge in [0.05, 0.1) is 25.5 Å². The maximum absolute atomic E-state index is 12.1. The first-order valence-electron chi connectivity index (χ1n) is 5.68. The van der Waals surface area contributed by atoms with Gasteiger partial charge in [0.15, 0.2) is 0 Å². The molecule has 2 N–H and O–H groups in total. The summed E-state index contributed by atoms with van der Waals surface area (Å²) < 4.78 is 33.1. The molecule has 7 heteroatoms. The lowest BCUT2D eigenvalue weighted by Gasteiger charge is -2.26. The minimum atomic E-state index is -3.58. The Hall–Kier alpha value is -1.15. The molecular formula is C11H16N2O4S. The Morgan fingerprint density at radius 1 is 1.28 bits per heavy atom. The van der Waals surface area contributed by atoms with Gasteiger partial charge in [0.25, 0.3) is 0 Å². The summed E-state index contributed by atoms with van der Waals surface area (Å²) in [6.07, 6.45) is 0. The summed E-state index contributed by atoms with van der Waals surface area (Å²) in [5, 5.41) is 9.16. The number of ether oxygens (including phenoxy) is 1. The second-order valence-electron chi connectivity index (χ2n) is 3.93. The topological polar surface area (TPSA) is 78.9 Å². The van der Waals surface area contributed by atoms with Gasteiger partial charge >= 0.3 is 10.2 Å². The third-order valence-corrected chi connectivity index (χ3v) is 4.26. The third kappa shape index (κ3) is 2.99. The van der Waals surface area contributed by atoms with E-state index in [0.717, 1.165) is 0 Å². The molecule has 0 bridgehead atoms. The zero-order valence-corrected chi connectivity index (χ0v) is 10.7. The molecule has 1 saturated heterocycles. The van der Waals surface area contributed by atoms with E-state index < -0.39 is 10.2 Å². The fourth-order valence-electron chi connectivity index (χ4n) is 1.75. The molecule has 1 aliphatic rings. The van der Waals surface area contributed by atoms with E-state index in [9.17, 15) is 8.42 Å². The molecule has 1 fully saturated rings. The molecule has 6 nitrogen and oxygen atoms in total. The lowest BCUT2D eigenvalue weighted by atomic mass is 10.2. The van der Waals surface area contributed by atoms with Gasteiger partial charge in [-0.3, -0.25) is 4.72 Å². The Balaban J connectivity index is 2.16. The highest BCUT2D eigenvalue weighted by Crippen LogP contribution is 2.18. The molecule has 0 saturated carbocycles. The van der Waals surface area contributed by atoms with Crippen LogP contribution in [0.4, 0.5) is 5.69 Å². The van der Waals surface area contributed by atoms with Gasteiger partial charge in [0.2, 0.25) is 0 Å². The lowest BCUT2D eigenvalue weighted by Crippen LogP contribution is -2.43. The van der Waals surface area contributed by atoms with Crippen molar-refractivity contribution in [2.24, 2.45) is 0 Å². The molecule has 18 heavy (non-hydrogen) atoms. The van der Waals surface area contributed by atoms with E-state index in [-0.39, 0.29) is 6.61 Å². The van der Waals surface area contributed by atoms with Crippen molar-refractivity contribution in [1.29, 1.82) is 0 Å². The molecule has 2 rings (SSSR count). The van der Waals surface area contributed by atoms with Crippen LogP contribution in [0.1, 0.15) is 5.56 Å². The molecular weight excluding hydrogens is 256 g/mol.